The number of aromatic nitrogens is 3. The first-order valence-electron chi connectivity index (χ1n) is 3.88. The first kappa shape index (κ1) is 8.42. The van der Waals surface area contributed by atoms with Gasteiger partial charge in [0.1, 0.15) is 12.4 Å². The Balaban J connectivity index is 2.75. The highest BCUT2D eigenvalue weighted by Crippen LogP contribution is 2.17. The molecule has 0 radical (unpaired) electrons. The molecule has 0 bridgehead atoms. The van der Waals surface area contributed by atoms with Gasteiger partial charge in [0.05, 0.1) is 6.20 Å². The van der Waals surface area contributed by atoms with Crippen LogP contribution in [0.4, 0.5) is 11.6 Å². The van der Waals surface area contributed by atoms with E-state index in [1.165, 1.54) is 23.0 Å². The quantitative estimate of drug-likeness (QED) is 0.559. The molecule has 2 aromatic rings. The Hall–Kier alpha value is -2.18. The second-order valence-electron chi connectivity index (χ2n) is 2.59. The molecule has 72 valence electrons. The molecule has 0 saturated heterocycles. The van der Waals surface area contributed by atoms with Gasteiger partial charge in [0.15, 0.2) is 5.82 Å². The highest BCUT2D eigenvalue weighted by Gasteiger charge is 2.16. The van der Waals surface area contributed by atoms with Crippen molar-refractivity contribution in [2.45, 2.75) is 0 Å². The van der Waals surface area contributed by atoms with Crippen molar-refractivity contribution >= 4 is 17.3 Å². The molecule has 7 nitrogen and oxygen atoms in total. The molecule has 0 aliphatic heterocycles. The first-order chi connectivity index (χ1) is 6.74. The van der Waals surface area contributed by atoms with Gasteiger partial charge in [0, 0.05) is 7.05 Å². The number of hydrogen-bond donors (Lipinski definition) is 1. The fourth-order valence-corrected chi connectivity index (χ4v) is 1.22. The predicted octanol–water partition coefficient (Wildman–Crippen LogP) is 0.679. The van der Waals surface area contributed by atoms with Crippen LogP contribution < -0.4 is 5.32 Å². The molecule has 0 aliphatic carbocycles. The van der Waals surface area contributed by atoms with Crippen LogP contribution in [0.15, 0.2) is 18.6 Å². The van der Waals surface area contributed by atoms with Crippen LogP contribution in [0.1, 0.15) is 0 Å². The van der Waals surface area contributed by atoms with Gasteiger partial charge in [0.2, 0.25) is 0 Å². The molecule has 7 heteroatoms. The molecule has 14 heavy (non-hydrogen) atoms. The van der Waals surface area contributed by atoms with Gasteiger partial charge in [-0.15, -0.1) is 0 Å². The summed E-state index contributed by atoms with van der Waals surface area (Å²) < 4.78 is 1.37. The molecule has 0 aromatic carbocycles. The van der Waals surface area contributed by atoms with Gasteiger partial charge in [-0.05, 0) is 4.92 Å². The molecule has 0 atom stereocenters. The lowest BCUT2D eigenvalue weighted by molar-refractivity contribution is -0.390. The Morgan fingerprint density at radius 1 is 1.57 bits per heavy atom. The summed E-state index contributed by atoms with van der Waals surface area (Å²) in [5, 5.41) is 13.4. The van der Waals surface area contributed by atoms with Crippen LogP contribution in [-0.2, 0) is 0 Å². The number of fused-ring (bicyclic) bond motifs is 1. The number of anilines is 1. The monoisotopic (exact) mass is 193 g/mol. The Morgan fingerprint density at radius 2 is 2.36 bits per heavy atom. The molecule has 0 amide bonds. The minimum atomic E-state index is -0.487. The lowest BCUT2D eigenvalue weighted by Crippen LogP contribution is -1.98. The number of nitro groups is 1. The number of rotatable bonds is 2. The maximum Gasteiger partial charge on any atom is 0.347 e. The highest BCUT2D eigenvalue weighted by atomic mass is 16.6. The van der Waals surface area contributed by atoms with Gasteiger partial charge in [-0.25, -0.2) is 9.97 Å². The first-order valence-corrected chi connectivity index (χ1v) is 3.88. The van der Waals surface area contributed by atoms with Crippen LogP contribution in [0, 0.1) is 10.1 Å². The zero-order valence-electron chi connectivity index (χ0n) is 7.34. The van der Waals surface area contributed by atoms with Crippen molar-refractivity contribution in [3.63, 3.8) is 0 Å². The van der Waals surface area contributed by atoms with Crippen LogP contribution in [0.3, 0.4) is 0 Å². The SMILES string of the molecule is CNc1nccn2c([N+](=O)[O-])cnc12. The third-order valence-electron chi connectivity index (χ3n) is 1.83. The molecule has 0 unspecified atom stereocenters. The molecule has 0 aliphatic rings. The van der Waals surface area contributed by atoms with E-state index in [4.69, 9.17) is 0 Å². The van der Waals surface area contributed by atoms with Gasteiger partial charge in [-0.1, -0.05) is 0 Å². The van der Waals surface area contributed by atoms with Gasteiger partial charge in [0.25, 0.3) is 5.65 Å². The van der Waals surface area contributed by atoms with Crippen LogP contribution in [0.25, 0.3) is 5.65 Å². The fourth-order valence-electron chi connectivity index (χ4n) is 1.22. The Kier molecular flexibility index (Phi) is 1.77. The molecule has 2 rings (SSSR count). The van der Waals surface area contributed by atoms with Gasteiger partial charge >= 0.3 is 5.82 Å². The van der Waals surface area contributed by atoms with Crippen LogP contribution in [0.5, 0.6) is 0 Å². The second-order valence-corrected chi connectivity index (χ2v) is 2.59. The van der Waals surface area contributed by atoms with Crippen LogP contribution in [-0.4, -0.2) is 26.3 Å². The molecule has 2 aromatic heterocycles. The third-order valence-corrected chi connectivity index (χ3v) is 1.83. The summed E-state index contributed by atoms with van der Waals surface area (Å²) in [5.74, 6) is 0.444. The van der Waals surface area contributed by atoms with Crippen molar-refractivity contribution < 1.29 is 4.92 Å². The van der Waals surface area contributed by atoms with E-state index in [9.17, 15) is 10.1 Å². The lowest BCUT2D eigenvalue weighted by atomic mass is 10.6. The second kappa shape index (κ2) is 2.95. The Labute approximate surface area is 78.6 Å². The normalized spacial score (nSPS) is 10.4. The molecular formula is C7H7N5O2. The third kappa shape index (κ3) is 1.06. The van der Waals surface area contributed by atoms with Crippen molar-refractivity contribution in [1.82, 2.24) is 14.4 Å². The number of nitrogens with zero attached hydrogens (tertiary/aromatic N) is 4. The topological polar surface area (TPSA) is 85.4 Å². The average molecular weight is 193 g/mol. The summed E-state index contributed by atoms with van der Waals surface area (Å²) in [4.78, 5) is 18.0. The van der Waals surface area contributed by atoms with E-state index < -0.39 is 4.92 Å². The molecule has 0 fully saturated rings. The standard InChI is InChI=1S/C7H7N5O2/c1-8-6-7-10-4-5(12(13)14)11(7)3-2-9-6/h2-4H,1H3,(H,8,9). The summed E-state index contributed by atoms with van der Waals surface area (Å²) in [6, 6.07) is 0. The van der Waals surface area contributed by atoms with E-state index in [1.807, 2.05) is 0 Å². The van der Waals surface area contributed by atoms with E-state index in [2.05, 4.69) is 15.3 Å². The molecule has 2 heterocycles. The van der Waals surface area contributed by atoms with Crippen molar-refractivity contribution in [3.05, 3.63) is 28.7 Å². The fraction of sp³-hybridized carbons (Fsp3) is 0.143. The lowest BCUT2D eigenvalue weighted by Gasteiger charge is -1.97. The number of imidazole rings is 1. The predicted molar refractivity (Wildman–Crippen MR) is 49.2 cm³/mol. The summed E-state index contributed by atoms with van der Waals surface area (Å²) in [6.45, 7) is 0. The summed E-state index contributed by atoms with van der Waals surface area (Å²) in [5.41, 5.74) is 0.446. The minimum absolute atomic E-state index is 0.0705. The van der Waals surface area contributed by atoms with E-state index in [0.717, 1.165) is 0 Å². The summed E-state index contributed by atoms with van der Waals surface area (Å²) in [6.07, 6.45) is 4.19. The maximum atomic E-state index is 10.6. The summed E-state index contributed by atoms with van der Waals surface area (Å²) >= 11 is 0. The van der Waals surface area contributed by atoms with E-state index >= 15 is 0 Å². The van der Waals surface area contributed by atoms with E-state index in [-0.39, 0.29) is 5.82 Å². The van der Waals surface area contributed by atoms with Gasteiger partial charge < -0.3 is 15.4 Å². The van der Waals surface area contributed by atoms with Gasteiger partial charge in [-0.3, -0.25) is 0 Å². The maximum absolute atomic E-state index is 10.6. The van der Waals surface area contributed by atoms with Crippen LogP contribution >= 0.6 is 0 Å². The average Bonchev–Trinajstić information content (AvgIpc) is 2.60. The molecular weight excluding hydrogens is 186 g/mol. The minimum Gasteiger partial charge on any atom is -0.368 e. The van der Waals surface area contributed by atoms with E-state index in [1.54, 1.807) is 7.05 Å². The van der Waals surface area contributed by atoms with Crippen molar-refractivity contribution in [2.24, 2.45) is 0 Å². The number of hydrogen-bond acceptors (Lipinski definition) is 5. The Morgan fingerprint density at radius 3 is 3.00 bits per heavy atom. The van der Waals surface area contributed by atoms with Crippen molar-refractivity contribution in [1.29, 1.82) is 0 Å². The summed E-state index contributed by atoms with van der Waals surface area (Å²) in [7, 11) is 1.68. The molecule has 0 saturated carbocycles. The zero-order valence-corrected chi connectivity index (χ0v) is 7.34. The highest BCUT2D eigenvalue weighted by molar-refractivity contribution is 5.64. The van der Waals surface area contributed by atoms with Crippen LogP contribution in [0.2, 0.25) is 0 Å². The largest absolute Gasteiger partial charge is 0.368 e. The van der Waals surface area contributed by atoms with Crippen molar-refractivity contribution in [2.75, 3.05) is 12.4 Å². The molecule has 1 N–H and O–H groups in total. The zero-order chi connectivity index (χ0) is 10.1. The molecule has 0 spiro atoms. The van der Waals surface area contributed by atoms with Crippen molar-refractivity contribution in [3.8, 4) is 0 Å². The number of nitrogens with one attached hydrogen (secondary N) is 1. The van der Waals surface area contributed by atoms with E-state index in [0.29, 0.717) is 11.5 Å². The smallest absolute Gasteiger partial charge is 0.347 e. The van der Waals surface area contributed by atoms with Gasteiger partial charge in [-0.2, -0.15) is 4.40 Å². The Bertz CT molecular complexity index is 492.